The zero-order chi connectivity index (χ0) is 13.6. The highest BCUT2D eigenvalue weighted by molar-refractivity contribution is 5.82. The van der Waals surface area contributed by atoms with E-state index in [1.54, 1.807) is 13.8 Å². The van der Waals surface area contributed by atoms with Gasteiger partial charge in [0.1, 0.15) is 6.61 Å². The fraction of sp³-hybridized carbons (Fsp3) is 0.667. The number of fused-ring (bicyclic) bond motifs is 1. The number of carboxylic acids is 1. The number of aliphatic carboxylic acids is 1. The number of hydrogen-bond acceptors (Lipinski definition) is 4. The van der Waals surface area contributed by atoms with Crippen molar-refractivity contribution in [2.45, 2.75) is 43.4 Å². The minimum atomic E-state index is -1.16. The molecule has 2 heterocycles. The molecule has 3 fully saturated rings. The molecule has 2 bridgehead atoms. The second kappa shape index (κ2) is 3.71. The lowest BCUT2D eigenvalue weighted by molar-refractivity contribution is -0.167. The average Bonchev–Trinajstić information content (AvgIpc) is 2.56. The van der Waals surface area contributed by atoms with Crippen molar-refractivity contribution in [1.82, 2.24) is 5.32 Å². The first-order valence-corrected chi connectivity index (χ1v) is 5.76. The Morgan fingerprint density at radius 1 is 1.50 bits per heavy atom. The predicted molar refractivity (Wildman–Crippen MR) is 62.2 cm³/mol. The first-order valence-electron chi connectivity index (χ1n) is 5.76. The summed E-state index contributed by atoms with van der Waals surface area (Å²) < 4.78 is 10.4. The summed E-state index contributed by atoms with van der Waals surface area (Å²) in [6, 6.07) is 0. The van der Waals surface area contributed by atoms with Crippen LogP contribution in [0.25, 0.3) is 0 Å². The van der Waals surface area contributed by atoms with Crippen LogP contribution in [0.5, 0.6) is 0 Å². The Kier molecular flexibility index (Phi) is 2.66. The third-order valence-electron chi connectivity index (χ3n) is 3.84. The third-order valence-corrected chi connectivity index (χ3v) is 3.84. The largest absolute Gasteiger partial charge is 0.479 e. The normalized spacial score (nSPS) is 35.4. The number of ether oxygens (including phenoxy) is 2. The first kappa shape index (κ1) is 12.9. The molecule has 3 aliphatic rings. The van der Waals surface area contributed by atoms with E-state index in [1.165, 1.54) is 6.08 Å². The van der Waals surface area contributed by atoms with Gasteiger partial charge in [0.15, 0.2) is 5.60 Å². The van der Waals surface area contributed by atoms with Crippen LogP contribution >= 0.6 is 0 Å². The van der Waals surface area contributed by atoms with Gasteiger partial charge >= 0.3 is 12.1 Å². The van der Waals surface area contributed by atoms with Crippen LogP contribution in [0.3, 0.4) is 0 Å². The number of amides is 1. The van der Waals surface area contributed by atoms with Crippen molar-refractivity contribution in [1.29, 1.82) is 0 Å². The van der Waals surface area contributed by atoms with E-state index in [0.29, 0.717) is 0 Å². The van der Waals surface area contributed by atoms with E-state index < -0.39 is 28.8 Å². The zero-order valence-corrected chi connectivity index (χ0v) is 10.5. The predicted octanol–water partition coefficient (Wildman–Crippen LogP) is 1.06. The average molecular weight is 255 g/mol. The molecule has 0 unspecified atom stereocenters. The second-order valence-electron chi connectivity index (χ2n) is 5.36. The Hall–Kier alpha value is -1.56. The number of nitrogens with one attached hydrogen (secondary N) is 1. The third kappa shape index (κ3) is 1.59. The molecular weight excluding hydrogens is 238 g/mol. The lowest BCUT2D eigenvalue weighted by atomic mass is 9.62. The monoisotopic (exact) mass is 255 g/mol. The minimum Gasteiger partial charge on any atom is -0.479 e. The quantitative estimate of drug-likeness (QED) is 0.734. The summed E-state index contributed by atoms with van der Waals surface area (Å²) >= 11 is 0. The molecule has 1 saturated carbocycles. The lowest BCUT2D eigenvalue weighted by Crippen LogP contribution is -2.66. The molecule has 2 N–H and O–H groups in total. The van der Waals surface area contributed by atoms with Gasteiger partial charge in [0.25, 0.3) is 0 Å². The van der Waals surface area contributed by atoms with E-state index in [4.69, 9.17) is 14.6 Å². The highest BCUT2D eigenvalue weighted by Gasteiger charge is 2.75. The fourth-order valence-electron chi connectivity index (χ4n) is 2.81. The number of carbonyl (C=O) groups is 2. The second-order valence-corrected chi connectivity index (χ2v) is 5.36. The molecule has 0 atom stereocenters. The Labute approximate surface area is 105 Å². The number of rotatable bonds is 4. The van der Waals surface area contributed by atoms with E-state index in [9.17, 15) is 9.59 Å². The number of alkyl carbamates (subject to hydrolysis) is 1. The maximum absolute atomic E-state index is 11.6. The minimum absolute atomic E-state index is 0.118. The molecule has 18 heavy (non-hydrogen) atoms. The summed E-state index contributed by atoms with van der Waals surface area (Å²) in [7, 11) is 0. The van der Waals surface area contributed by atoms with Crippen molar-refractivity contribution in [3.8, 4) is 0 Å². The first-order chi connectivity index (χ1) is 8.27. The molecule has 0 aromatic carbocycles. The van der Waals surface area contributed by atoms with E-state index in [2.05, 4.69) is 11.9 Å². The molecule has 0 aromatic rings. The molecule has 2 aliphatic heterocycles. The van der Waals surface area contributed by atoms with Crippen LogP contribution in [0, 0.1) is 0 Å². The standard InChI is InChI=1S/C12H17NO5/c1-4-5-17-9(16)13-12-6-11(7-12,8(14)15)18-10(12,2)3/h4H,1,5-7H2,2-3H3,(H,13,16)(H,14,15). The molecule has 100 valence electrons. The van der Waals surface area contributed by atoms with Crippen LogP contribution in [0.15, 0.2) is 12.7 Å². The Balaban J connectivity index is 2.08. The van der Waals surface area contributed by atoms with Crippen LogP contribution in [0.1, 0.15) is 26.7 Å². The van der Waals surface area contributed by atoms with Crippen molar-refractivity contribution in [3.05, 3.63) is 12.7 Å². The van der Waals surface area contributed by atoms with E-state index in [0.717, 1.165) is 0 Å². The summed E-state index contributed by atoms with van der Waals surface area (Å²) in [5.74, 6) is -0.982. The Morgan fingerprint density at radius 3 is 2.56 bits per heavy atom. The van der Waals surface area contributed by atoms with Gasteiger partial charge in [-0.15, -0.1) is 0 Å². The van der Waals surface area contributed by atoms with Crippen molar-refractivity contribution in [3.63, 3.8) is 0 Å². The van der Waals surface area contributed by atoms with Crippen LogP contribution in [0.2, 0.25) is 0 Å². The molecule has 2 saturated heterocycles. The van der Waals surface area contributed by atoms with Crippen molar-refractivity contribution in [2.75, 3.05) is 6.61 Å². The molecule has 0 radical (unpaired) electrons. The SMILES string of the molecule is C=CCOC(=O)NC12CC(C(=O)O)(C1)OC2(C)C. The fourth-order valence-corrected chi connectivity index (χ4v) is 2.81. The Bertz CT molecular complexity index is 409. The summed E-state index contributed by atoms with van der Waals surface area (Å²) in [5, 5.41) is 11.9. The lowest BCUT2D eigenvalue weighted by Gasteiger charge is -2.44. The maximum Gasteiger partial charge on any atom is 0.407 e. The van der Waals surface area contributed by atoms with Crippen LogP contribution in [-0.2, 0) is 14.3 Å². The highest BCUT2D eigenvalue weighted by Crippen LogP contribution is 2.60. The topological polar surface area (TPSA) is 84.9 Å². The number of hydrogen-bond donors (Lipinski definition) is 2. The van der Waals surface area contributed by atoms with Gasteiger partial charge in [0, 0.05) is 12.8 Å². The van der Waals surface area contributed by atoms with E-state index >= 15 is 0 Å². The molecule has 3 rings (SSSR count). The summed E-state index contributed by atoms with van der Waals surface area (Å²) in [4.78, 5) is 22.7. The highest BCUT2D eigenvalue weighted by atomic mass is 16.6. The van der Waals surface area contributed by atoms with Gasteiger partial charge in [0.05, 0.1) is 11.1 Å². The van der Waals surface area contributed by atoms with Crippen molar-refractivity contribution < 1.29 is 24.2 Å². The maximum atomic E-state index is 11.6. The van der Waals surface area contributed by atoms with Gasteiger partial charge in [-0.3, -0.25) is 0 Å². The van der Waals surface area contributed by atoms with E-state index in [-0.39, 0.29) is 19.4 Å². The summed E-state index contributed by atoms with van der Waals surface area (Å²) in [6.07, 6.45) is 1.43. The molecule has 0 aromatic heterocycles. The Morgan fingerprint density at radius 2 is 2.11 bits per heavy atom. The van der Waals surface area contributed by atoms with Gasteiger partial charge in [-0.2, -0.15) is 0 Å². The molecular formula is C12H17NO5. The van der Waals surface area contributed by atoms with Crippen LogP contribution in [-0.4, -0.2) is 40.5 Å². The summed E-state index contributed by atoms with van der Waals surface area (Å²) in [6.45, 7) is 7.12. The van der Waals surface area contributed by atoms with Gasteiger partial charge in [-0.1, -0.05) is 12.7 Å². The van der Waals surface area contributed by atoms with Gasteiger partial charge in [0.2, 0.25) is 0 Å². The van der Waals surface area contributed by atoms with Gasteiger partial charge in [-0.25, -0.2) is 9.59 Å². The molecule has 0 spiro atoms. The summed E-state index contributed by atoms with van der Waals surface area (Å²) in [5.41, 5.74) is -2.54. The molecule has 1 amide bonds. The van der Waals surface area contributed by atoms with Crippen molar-refractivity contribution in [2.24, 2.45) is 0 Å². The zero-order valence-electron chi connectivity index (χ0n) is 10.5. The number of carboxylic acid groups (broad SMARTS) is 1. The molecule has 6 nitrogen and oxygen atoms in total. The molecule has 6 heteroatoms. The molecule has 1 aliphatic carbocycles. The van der Waals surface area contributed by atoms with Crippen molar-refractivity contribution >= 4 is 12.1 Å². The van der Waals surface area contributed by atoms with Gasteiger partial charge < -0.3 is 19.9 Å². The van der Waals surface area contributed by atoms with E-state index in [1.807, 2.05) is 0 Å². The van der Waals surface area contributed by atoms with Crippen LogP contribution in [0.4, 0.5) is 4.79 Å². The van der Waals surface area contributed by atoms with Gasteiger partial charge in [-0.05, 0) is 13.8 Å². The van der Waals surface area contributed by atoms with Crippen LogP contribution < -0.4 is 5.32 Å². The number of carbonyl (C=O) groups excluding carboxylic acids is 1. The smallest absolute Gasteiger partial charge is 0.407 e.